The number of hydrogen-bond donors (Lipinski definition) is 2. The van der Waals surface area contributed by atoms with E-state index in [1.165, 1.54) is 6.07 Å². The van der Waals surface area contributed by atoms with E-state index in [0.29, 0.717) is 31.7 Å². The Kier molecular flexibility index (Phi) is 5.35. The minimum absolute atomic E-state index is 0.0312. The topological polar surface area (TPSA) is 110 Å². The number of hydrogen-bond acceptors (Lipinski definition) is 5. The molecular weight excluding hydrogens is 424 g/mol. The van der Waals surface area contributed by atoms with Crippen LogP contribution in [0.3, 0.4) is 0 Å². The van der Waals surface area contributed by atoms with Gasteiger partial charge in [-0.1, -0.05) is 32.0 Å². The van der Waals surface area contributed by atoms with Crippen molar-refractivity contribution < 1.29 is 20.0 Å². The SMILES string of the molecule is CC(C)[C@@H](C(=O)N1C[C@H]2C[C@@H](C1)c1ccc([NH+]([O-])O)c(=O)n1C2)N1Cc2ccccc2C1=O. The fraction of sp³-hybridized carbons (Fsp3) is 0.458. The summed E-state index contributed by atoms with van der Waals surface area (Å²) in [5.74, 6) is -0.171. The second-order valence-corrected chi connectivity index (χ2v) is 9.71. The third kappa shape index (κ3) is 3.56. The van der Waals surface area contributed by atoms with Crippen LogP contribution in [-0.4, -0.2) is 50.5 Å². The normalized spacial score (nSPS) is 23.4. The van der Waals surface area contributed by atoms with Gasteiger partial charge in [0.25, 0.3) is 5.91 Å². The highest BCUT2D eigenvalue weighted by Crippen LogP contribution is 2.36. The first-order valence-electron chi connectivity index (χ1n) is 11.4. The third-order valence-electron chi connectivity index (χ3n) is 7.22. The first-order chi connectivity index (χ1) is 15.8. The molecule has 33 heavy (non-hydrogen) atoms. The summed E-state index contributed by atoms with van der Waals surface area (Å²) < 4.78 is 1.57. The zero-order valence-electron chi connectivity index (χ0n) is 18.7. The van der Waals surface area contributed by atoms with E-state index in [0.717, 1.165) is 17.7 Å². The highest BCUT2D eigenvalue weighted by Gasteiger charge is 2.43. The van der Waals surface area contributed by atoms with Gasteiger partial charge in [0, 0.05) is 49.4 Å². The van der Waals surface area contributed by atoms with Crippen LogP contribution in [0.1, 0.15) is 47.8 Å². The molecule has 0 aliphatic carbocycles. The lowest BCUT2D eigenvalue weighted by Gasteiger charge is -2.45. The predicted molar refractivity (Wildman–Crippen MR) is 119 cm³/mol. The Bertz CT molecular complexity index is 1170. The Morgan fingerprint density at radius 1 is 1.12 bits per heavy atom. The first kappa shape index (κ1) is 21.8. The van der Waals surface area contributed by atoms with E-state index in [1.54, 1.807) is 15.5 Å². The molecule has 9 heteroatoms. The molecule has 2 amide bonds. The lowest BCUT2D eigenvalue weighted by molar-refractivity contribution is -0.992. The van der Waals surface area contributed by atoms with Crippen LogP contribution in [0.15, 0.2) is 41.2 Å². The number of likely N-dealkylation sites (tertiary alicyclic amines) is 1. The monoisotopic (exact) mass is 452 g/mol. The van der Waals surface area contributed by atoms with E-state index >= 15 is 0 Å². The number of piperidine rings is 1. The number of nitrogens with one attached hydrogen (secondary N) is 1. The molecule has 2 bridgehead atoms. The maximum atomic E-state index is 13.8. The number of rotatable bonds is 4. The van der Waals surface area contributed by atoms with Gasteiger partial charge < -0.3 is 19.6 Å². The van der Waals surface area contributed by atoms with E-state index < -0.39 is 16.8 Å². The van der Waals surface area contributed by atoms with Crippen LogP contribution in [0.2, 0.25) is 0 Å². The average molecular weight is 453 g/mol. The molecular formula is C24H28N4O5. The molecule has 1 aromatic carbocycles. The Balaban J connectivity index is 1.41. The second kappa shape index (κ2) is 8.09. The van der Waals surface area contributed by atoms with E-state index in [4.69, 9.17) is 0 Å². The van der Waals surface area contributed by atoms with Crippen molar-refractivity contribution in [1.82, 2.24) is 14.4 Å². The van der Waals surface area contributed by atoms with Crippen LogP contribution in [0.25, 0.3) is 0 Å². The van der Waals surface area contributed by atoms with E-state index in [9.17, 15) is 24.8 Å². The molecule has 9 nitrogen and oxygen atoms in total. The number of quaternary nitrogens is 1. The minimum atomic E-state index is -1.22. The third-order valence-corrected chi connectivity index (χ3v) is 7.22. The second-order valence-electron chi connectivity index (χ2n) is 9.71. The lowest BCUT2D eigenvalue weighted by atomic mass is 9.82. The highest BCUT2D eigenvalue weighted by molar-refractivity contribution is 6.01. The summed E-state index contributed by atoms with van der Waals surface area (Å²) in [6, 6.07) is 10.0. The number of carbonyl (C=O) groups is 2. The van der Waals surface area contributed by atoms with Gasteiger partial charge >= 0.3 is 5.56 Å². The van der Waals surface area contributed by atoms with Crippen molar-refractivity contribution in [2.75, 3.05) is 13.1 Å². The van der Waals surface area contributed by atoms with Gasteiger partial charge in [-0.2, -0.15) is 5.23 Å². The summed E-state index contributed by atoms with van der Waals surface area (Å²) in [4.78, 5) is 43.1. The number of pyridine rings is 1. The maximum absolute atomic E-state index is 13.8. The molecule has 1 saturated heterocycles. The van der Waals surface area contributed by atoms with Crippen LogP contribution in [0.5, 0.6) is 0 Å². The number of benzene rings is 1. The van der Waals surface area contributed by atoms with Gasteiger partial charge in [0.2, 0.25) is 11.6 Å². The summed E-state index contributed by atoms with van der Waals surface area (Å²) in [6.07, 6.45) is 0.857. The standard InChI is InChI=1S/C24H28N4O5/c1-14(2)21(27-13-16-5-3-4-6-18(16)22(27)29)24(31)25-10-15-9-17(12-25)19-7-8-20(28(32)33)23(30)26(19)11-15/h3-8,14-15,17,21,28,32H,9-13H2,1-2H3/t15-,17+,21+/m1/s1. The van der Waals surface area contributed by atoms with Gasteiger partial charge in [0.15, 0.2) is 0 Å². The summed E-state index contributed by atoms with van der Waals surface area (Å²) in [7, 11) is 0. The Morgan fingerprint density at radius 3 is 2.58 bits per heavy atom. The van der Waals surface area contributed by atoms with Crippen molar-refractivity contribution >= 4 is 17.5 Å². The zero-order valence-corrected chi connectivity index (χ0v) is 18.7. The number of nitrogens with zero attached hydrogens (tertiary/aromatic N) is 3. The van der Waals surface area contributed by atoms with Crippen LogP contribution in [0.4, 0.5) is 5.69 Å². The highest BCUT2D eigenvalue weighted by atomic mass is 16.8. The number of amides is 2. The zero-order chi connectivity index (χ0) is 23.4. The molecule has 4 heterocycles. The summed E-state index contributed by atoms with van der Waals surface area (Å²) in [6.45, 7) is 5.71. The molecule has 0 spiro atoms. The molecule has 3 aliphatic rings. The molecule has 3 aliphatic heterocycles. The van der Waals surface area contributed by atoms with E-state index in [-0.39, 0.29) is 35.3 Å². The molecule has 2 N–H and O–H groups in total. The van der Waals surface area contributed by atoms with Gasteiger partial charge in [-0.25, -0.2) is 5.21 Å². The van der Waals surface area contributed by atoms with Gasteiger partial charge in [-0.05, 0) is 36.0 Å². The van der Waals surface area contributed by atoms with Crippen LogP contribution >= 0.6 is 0 Å². The molecule has 1 aromatic heterocycles. The molecule has 5 rings (SSSR count). The largest absolute Gasteiger partial charge is 0.595 e. The molecule has 4 atom stereocenters. The maximum Gasteiger partial charge on any atom is 0.315 e. The summed E-state index contributed by atoms with van der Waals surface area (Å²) in [5, 5.41) is 19.4. The van der Waals surface area contributed by atoms with Gasteiger partial charge in [0.05, 0.1) is 0 Å². The molecule has 1 unspecified atom stereocenters. The van der Waals surface area contributed by atoms with Gasteiger partial charge in [0.1, 0.15) is 6.04 Å². The van der Waals surface area contributed by atoms with Gasteiger partial charge in [-0.15, -0.1) is 0 Å². The van der Waals surface area contributed by atoms with E-state index in [1.807, 2.05) is 43.0 Å². The fourth-order valence-corrected chi connectivity index (χ4v) is 5.76. The average Bonchev–Trinajstić information content (AvgIpc) is 3.10. The van der Waals surface area contributed by atoms with Crippen LogP contribution in [-0.2, 0) is 17.9 Å². The van der Waals surface area contributed by atoms with Crippen molar-refractivity contribution in [3.63, 3.8) is 0 Å². The molecule has 0 saturated carbocycles. The summed E-state index contributed by atoms with van der Waals surface area (Å²) >= 11 is 0. The molecule has 2 aromatic rings. The predicted octanol–water partition coefficient (Wildman–Crippen LogP) is 0.878. The molecule has 174 valence electrons. The smallest absolute Gasteiger partial charge is 0.315 e. The van der Waals surface area contributed by atoms with Crippen LogP contribution in [0, 0.1) is 17.0 Å². The van der Waals surface area contributed by atoms with Crippen LogP contribution < -0.4 is 10.8 Å². The molecule has 0 radical (unpaired) electrons. The lowest BCUT2D eigenvalue weighted by Crippen LogP contribution is -3.00. The Hall–Kier alpha value is -3.01. The summed E-state index contributed by atoms with van der Waals surface area (Å²) in [5.41, 5.74) is 1.69. The Labute approximate surface area is 191 Å². The number of fused-ring (bicyclic) bond motifs is 5. The van der Waals surface area contributed by atoms with Crippen molar-refractivity contribution in [2.45, 2.75) is 45.3 Å². The number of aromatic nitrogens is 1. The van der Waals surface area contributed by atoms with E-state index in [2.05, 4.69) is 0 Å². The Morgan fingerprint density at radius 2 is 1.88 bits per heavy atom. The van der Waals surface area contributed by atoms with Crippen molar-refractivity contribution in [3.8, 4) is 0 Å². The first-order valence-corrected chi connectivity index (χ1v) is 11.4. The quantitative estimate of drug-likeness (QED) is 0.669. The van der Waals surface area contributed by atoms with Crippen molar-refractivity contribution in [2.24, 2.45) is 11.8 Å². The van der Waals surface area contributed by atoms with Crippen molar-refractivity contribution in [3.05, 3.63) is 68.8 Å². The fourth-order valence-electron chi connectivity index (χ4n) is 5.76. The number of carbonyl (C=O) groups excluding carboxylic acids is 2. The minimum Gasteiger partial charge on any atom is -0.595 e. The van der Waals surface area contributed by atoms with Gasteiger partial charge in [-0.3, -0.25) is 14.4 Å². The van der Waals surface area contributed by atoms with Crippen molar-refractivity contribution in [1.29, 1.82) is 0 Å². The molecule has 1 fully saturated rings.